The van der Waals surface area contributed by atoms with Crippen molar-refractivity contribution in [1.29, 1.82) is 0 Å². The number of rotatable bonds is 4. The lowest BCUT2D eigenvalue weighted by Crippen LogP contribution is -2.49. The molecule has 2 heterocycles. The van der Waals surface area contributed by atoms with Gasteiger partial charge in [0.15, 0.2) is 0 Å². The first-order chi connectivity index (χ1) is 10.0. The lowest BCUT2D eigenvalue weighted by molar-refractivity contribution is -0.122. The third-order valence-corrected chi connectivity index (χ3v) is 3.27. The van der Waals surface area contributed by atoms with Crippen molar-refractivity contribution in [2.24, 2.45) is 0 Å². The highest BCUT2D eigenvalue weighted by Gasteiger charge is 2.30. The topological polar surface area (TPSA) is 106 Å². The van der Waals surface area contributed by atoms with E-state index in [1.807, 2.05) is 18.7 Å². The molecule has 1 fully saturated rings. The summed E-state index contributed by atoms with van der Waals surface area (Å²) in [7, 11) is 1.63. The lowest BCUT2D eigenvalue weighted by Gasteiger charge is -2.34. The van der Waals surface area contributed by atoms with Gasteiger partial charge in [0.05, 0.1) is 6.10 Å². The van der Waals surface area contributed by atoms with Gasteiger partial charge in [0.2, 0.25) is 17.8 Å². The summed E-state index contributed by atoms with van der Waals surface area (Å²) < 4.78 is 5.48. The zero-order chi connectivity index (χ0) is 15.4. The van der Waals surface area contributed by atoms with E-state index < -0.39 is 0 Å². The molecule has 8 nitrogen and oxygen atoms in total. The van der Waals surface area contributed by atoms with E-state index in [0.717, 1.165) is 19.3 Å². The standard InChI is InChI=1S/C13H22N6O2/c1-8(2)21-13-17-11(14)16-12(18-13)19-7-5-4-6-9(19)10(20)15-3/h8-9H,4-7H2,1-3H3,(H,15,20)(H2,14,16,17,18). The summed E-state index contributed by atoms with van der Waals surface area (Å²) in [5.74, 6) is 0.448. The van der Waals surface area contributed by atoms with Crippen LogP contribution in [0.4, 0.5) is 11.9 Å². The monoisotopic (exact) mass is 294 g/mol. The number of carbonyl (C=O) groups excluding carboxylic acids is 1. The van der Waals surface area contributed by atoms with Crippen molar-refractivity contribution >= 4 is 17.8 Å². The van der Waals surface area contributed by atoms with E-state index in [1.54, 1.807) is 7.05 Å². The molecule has 1 aromatic heterocycles. The van der Waals surface area contributed by atoms with Crippen LogP contribution in [0.3, 0.4) is 0 Å². The fourth-order valence-corrected chi connectivity index (χ4v) is 2.36. The van der Waals surface area contributed by atoms with Gasteiger partial charge < -0.3 is 20.7 Å². The molecule has 21 heavy (non-hydrogen) atoms. The SMILES string of the molecule is CNC(=O)C1CCCCN1c1nc(N)nc(OC(C)C)n1. The molecule has 1 aromatic rings. The normalized spacial score (nSPS) is 18.7. The van der Waals surface area contributed by atoms with E-state index in [9.17, 15) is 4.79 Å². The Morgan fingerprint density at radius 2 is 2.14 bits per heavy atom. The van der Waals surface area contributed by atoms with Crippen LogP contribution in [-0.4, -0.2) is 46.6 Å². The minimum Gasteiger partial charge on any atom is -0.461 e. The maximum absolute atomic E-state index is 12.0. The summed E-state index contributed by atoms with van der Waals surface area (Å²) in [4.78, 5) is 26.3. The smallest absolute Gasteiger partial charge is 0.323 e. The first-order valence-electron chi connectivity index (χ1n) is 7.17. The molecule has 8 heteroatoms. The zero-order valence-electron chi connectivity index (χ0n) is 12.7. The molecular weight excluding hydrogens is 272 g/mol. The largest absolute Gasteiger partial charge is 0.461 e. The summed E-state index contributed by atoms with van der Waals surface area (Å²) in [5, 5.41) is 2.68. The predicted molar refractivity (Wildman–Crippen MR) is 79.1 cm³/mol. The Hall–Kier alpha value is -2.12. The van der Waals surface area contributed by atoms with Gasteiger partial charge in [0.1, 0.15) is 6.04 Å². The Labute approximate surface area is 124 Å². The number of carbonyl (C=O) groups is 1. The molecule has 1 atom stereocenters. The van der Waals surface area contributed by atoms with Crippen molar-refractivity contribution in [3.8, 4) is 6.01 Å². The summed E-state index contributed by atoms with van der Waals surface area (Å²) in [6.45, 7) is 4.48. The first kappa shape index (κ1) is 15.3. The molecule has 0 saturated carbocycles. The van der Waals surface area contributed by atoms with Gasteiger partial charge in [0, 0.05) is 13.6 Å². The summed E-state index contributed by atoms with van der Waals surface area (Å²) in [6, 6.07) is -0.0915. The number of anilines is 2. The molecule has 0 bridgehead atoms. The van der Waals surface area contributed by atoms with Crippen LogP contribution in [0, 0.1) is 0 Å². The second kappa shape index (κ2) is 6.55. The van der Waals surface area contributed by atoms with Crippen LogP contribution < -0.4 is 20.7 Å². The van der Waals surface area contributed by atoms with E-state index in [-0.39, 0.29) is 30.0 Å². The second-order valence-corrected chi connectivity index (χ2v) is 5.26. The third kappa shape index (κ3) is 3.71. The van der Waals surface area contributed by atoms with Crippen molar-refractivity contribution in [3.63, 3.8) is 0 Å². The van der Waals surface area contributed by atoms with E-state index in [0.29, 0.717) is 12.5 Å². The van der Waals surface area contributed by atoms with Gasteiger partial charge >= 0.3 is 6.01 Å². The Kier molecular flexibility index (Phi) is 4.77. The minimum atomic E-state index is -0.280. The Morgan fingerprint density at radius 3 is 2.81 bits per heavy atom. The number of hydrogen-bond donors (Lipinski definition) is 2. The maximum Gasteiger partial charge on any atom is 0.323 e. The van der Waals surface area contributed by atoms with Crippen LogP contribution in [-0.2, 0) is 4.79 Å². The predicted octanol–water partition coefficient (Wildman–Crippen LogP) is 0.346. The number of nitrogens with two attached hydrogens (primary N) is 1. The van der Waals surface area contributed by atoms with E-state index >= 15 is 0 Å². The van der Waals surface area contributed by atoms with Crippen molar-refractivity contribution < 1.29 is 9.53 Å². The number of ether oxygens (including phenoxy) is 1. The number of hydrogen-bond acceptors (Lipinski definition) is 7. The highest BCUT2D eigenvalue weighted by atomic mass is 16.5. The first-order valence-corrected chi connectivity index (χ1v) is 7.17. The quantitative estimate of drug-likeness (QED) is 0.825. The number of aromatic nitrogens is 3. The number of nitrogen functional groups attached to an aromatic ring is 1. The number of nitrogens with one attached hydrogen (secondary N) is 1. The number of amides is 1. The molecule has 2 rings (SSSR count). The molecule has 1 aliphatic heterocycles. The Morgan fingerprint density at radius 1 is 1.38 bits per heavy atom. The van der Waals surface area contributed by atoms with E-state index in [2.05, 4.69) is 20.3 Å². The van der Waals surface area contributed by atoms with Gasteiger partial charge in [-0.3, -0.25) is 4.79 Å². The molecular formula is C13H22N6O2. The molecule has 3 N–H and O–H groups in total. The lowest BCUT2D eigenvalue weighted by atomic mass is 10.0. The van der Waals surface area contributed by atoms with Crippen molar-refractivity contribution in [2.75, 3.05) is 24.2 Å². The van der Waals surface area contributed by atoms with Crippen LogP contribution in [0.15, 0.2) is 0 Å². The average Bonchev–Trinajstić information content (AvgIpc) is 2.45. The summed E-state index contributed by atoms with van der Waals surface area (Å²) >= 11 is 0. The molecule has 1 aliphatic rings. The maximum atomic E-state index is 12.0. The van der Waals surface area contributed by atoms with Crippen LogP contribution >= 0.6 is 0 Å². The van der Waals surface area contributed by atoms with Crippen LogP contribution in [0.5, 0.6) is 6.01 Å². The van der Waals surface area contributed by atoms with Gasteiger partial charge in [-0.05, 0) is 33.1 Å². The van der Waals surface area contributed by atoms with Gasteiger partial charge in [-0.15, -0.1) is 0 Å². The molecule has 0 radical (unpaired) electrons. The Balaban J connectivity index is 2.29. The van der Waals surface area contributed by atoms with Gasteiger partial charge in [-0.2, -0.15) is 15.0 Å². The molecule has 116 valence electrons. The van der Waals surface area contributed by atoms with Crippen molar-refractivity contribution in [1.82, 2.24) is 20.3 Å². The van der Waals surface area contributed by atoms with Crippen LogP contribution in [0.25, 0.3) is 0 Å². The van der Waals surface area contributed by atoms with Crippen LogP contribution in [0.2, 0.25) is 0 Å². The molecule has 0 aromatic carbocycles. The molecule has 0 aliphatic carbocycles. The highest BCUT2D eigenvalue weighted by Crippen LogP contribution is 2.23. The fourth-order valence-electron chi connectivity index (χ4n) is 2.36. The fraction of sp³-hybridized carbons (Fsp3) is 0.692. The van der Waals surface area contributed by atoms with Gasteiger partial charge in [0.25, 0.3) is 0 Å². The van der Waals surface area contributed by atoms with Crippen molar-refractivity contribution in [3.05, 3.63) is 0 Å². The molecule has 1 unspecified atom stereocenters. The van der Waals surface area contributed by atoms with E-state index in [1.165, 1.54) is 0 Å². The summed E-state index contributed by atoms with van der Waals surface area (Å²) in [5.41, 5.74) is 5.73. The van der Waals surface area contributed by atoms with Gasteiger partial charge in [-0.25, -0.2) is 0 Å². The Bertz CT molecular complexity index is 507. The molecule has 0 spiro atoms. The number of piperidine rings is 1. The minimum absolute atomic E-state index is 0.0417. The van der Waals surface area contributed by atoms with E-state index in [4.69, 9.17) is 10.5 Å². The number of nitrogens with zero attached hydrogens (tertiary/aromatic N) is 4. The summed E-state index contributed by atoms with van der Waals surface area (Å²) in [6.07, 6.45) is 2.70. The highest BCUT2D eigenvalue weighted by molar-refractivity contribution is 5.84. The average molecular weight is 294 g/mol. The molecule has 1 saturated heterocycles. The third-order valence-electron chi connectivity index (χ3n) is 3.27. The van der Waals surface area contributed by atoms with Gasteiger partial charge in [-0.1, -0.05) is 0 Å². The number of likely N-dealkylation sites (N-methyl/N-ethyl adjacent to an activating group) is 1. The zero-order valence-corrected chi connectivity index (χ0v) is 12.7. The van der Waals surface area contributed by atoms with Crippen molar-refractivity contribution in [2.45, 2.75) is 45.3 Å². The molecule has 1 amide bonds. The second-order valence-electron chi connectivity index (χ2n) is 5.26. The van der Waals surface area contributed by atoms with Crippen LogP contribution in [0.1, 0.15) is 33.1 Å².